The van der Waals surface area contributed by atoms with Crippen LogP contribution in [-0.4, -0.2) is 27.0 Å². The van der Waals surface area contributed by atoms with Crippen molar-refractivity contribution in [1.82, 2.24) is 9.55 Å². The minimum absolute atomic E-state index is 0.150. The second kappa shape index (κ2) is 9.28. The lowest BCUT2D eigenvalue weighted by atomic mass is 9.70. The van der Waals surface area contributed by atoms with Crippen LogP contribution in [0.5, 0.6) is 5.75 Å². The summed E-state index contributed by atoms with van der Waals surface area (Å²) in [7, 11) is 0. The number of benzene rings is 2. The largest absolute Gasteiger partial charge is 0.573 e. The predicted octanol–water partition coefficient (Wildman–Crippen LogP) is 7.16. The topological polar surface area (TPSA) is 76.4 Å². The molecule has 2 aromatic carbocycles. The van der Waals surface area contributed by atoms with Crippen molar-refractivity contribution >= 4 is 34.7 Å². The number of rotatable bonds is 6. The molecule has 0 radical (unpaired) electrons. The summed E-state index contributed by atoms with van der Waals surface area (Å²) >= 11 is 0. The maximum Gasteiger partial charge on any atom is 0.573 e. The quantitative estimate of drug-likeness (QED) is 0.361. The maximum absolute atomic E-state index is 12.5. The molecule has 0 spiro atoms. The average Bonchev–Trinajstić information content (AvgIpc) is 3.08. The van der Waals surface area contributed by atoms with Crippen LogP contribution in [0.15, 0.2) is 48.5 Å². The Bertz CT molecular complexity index is 1250. The SMILES string of the molecule is C[C@@H]1C[C@H](n2c(Nc3ccc(OC(F)(F)F)cc3)nc3cc(/C=C/C(=O)O)ccc32)CC(C)(C)C1. The summed E-state index contributed by atoms with van der Waals surface area (Å²) in [5.74, 6) is -0.229. The van der Waals surface area contributed by atoms with E-state index < -0.39 is 12.3 Å². The molecule has 35 heavy (non-hydrogen) atoms. The molecule has 1 saturated carbocycles. The highest BCUT2D eigenvalue weighted by Crippen LogP contribution is 2.46. The van der Waals surface area contributed by atoms with Gasteiger partial charge in [0.05, 0.1) is 11.0 Å². The number of anilines is 2. The van der Waals surface area contributed by atoms with Gasteiger partial charge in [-0.15, -0.1) is 13.2 Å². The number of carboxylic acids is 1. The lowest BCUT2D eigenvalue weighted by molar-refractivity contribution is -0.274. The fourth-order valence-electron chi connectivity index (χ4n) is 5.21. The Balaban J connectivity index is 1.73. The molecular weight excluding hydrogens is 459 g/mol. The number of nitrogens with one attached hydrogen (secondary N) is 1. The van der Waals surface area contributed by atoms with Crippen LogP contribution < -0.4 is 10.1 Å². The summed E-state index contributed by atoms with van der Waals surface area (Å²) in [4.78, 5) is 15.7. The van der Waals surface area contributed by atoms with E-state index in [1.807, 2.05) is 18.2 Å². The molecule has 186 valence electrons. The smallest absolute Gasteiger partial charge is 0.478 e. The average molecular weight is 488 g/mol. The van der Waals surface area contributed by atoms with Crippen molar-refractivity contribution in [1.29, 1.82) is 0 Å². The van der Waals surface area contributed by atoms with Gasteiger partial charge in [-0.25, -0.2) is 9.78 Å². The van der Waals surface area contributed by atoms with E-state index in [2.05, 4.69) is 35.4 Å². The number of ether oxygens (including phenoxy) is 1. The van der Waals surface area contributed by atoms with Crippen LogP contribution in [0.3, 0.4) is 0 Å². The molecule has 3 aromatic rings. The minimum Gasteiger partial charge on any atom is -0.478 e. The summed E-state index contributed by atoms with van der Waals surface area (Å²) in [6.45, 7) is 6.76. The van der Waals surface area contributed by atoms with Crippen LogP contribution >= 0.6 is 0 Å². The van der Waals surface area contributed by atoms with Gasteiger partial charge in [-0.3, -0.25) is 0 Å². The van der Waals surface area contributed by atoms with Crippen molar-refractivity contribution < 1.29 is 27.8 Å². The van der Waals surface area contributed by atoms with Crippen molar-refractivity contribution in [3.63, 3.8) is 0 Å². The van der Waals surface area contributed by atoms with E-state index in [-0.39, 0.29) is 17.2 Å². The first-order valence-corrected chi connectivity index (χ1v) is 11.4. The zero-order chi connectivity index (χ0) is 25.4. The molecule has 1 fully saturated rings. The highest BCUT2D eigenvalue weighted by Gasteiger charge is 2.35. The van der Waals surface area contributed by atoms with Gasteiger partial charge >= 0.3 is 12.3 Å². The molecule has 0 unspecified atom stereocenters. The molecule has 6 nitrogen and oxygen atoms in total. The fourth-order valence-corrected chi connectivity index (χ4v) is 5.21. The molecule has 0 bridgehead atoms. The zero-order valence-corrected chi connectivity index (χ0v) is 19.8. The number of hydrogen-bond acceptors (Lipinski definition) is 4. The molecule has 9 heteroatoms. The summed E-state index contributed by atoms with van der Waals surface area (Å²) in [5, 5.41) is 12.2. The summed E-state index contributed by atoms with van der Waals surface area (Å²) in [6, 6.07) is 11.3. The molecular formula is C26H28F3N3O3. The molecule has 0 aliphatic heterocycles. The van der Waals surface area contributed by atoms with E-state index in [0.717, 1.165) is 30.9 Å². The van der Waals surface area contributed by atoms with Crippen LogP contribution in [0.4, 0.5) is 24.8 Å². The van der Waals surface area contributed by atoms with E-state index in [1.165, 1.54) is 30.3 Å². The number of carboxylic acid groups (broad SMARTS) is 1. The summed E-state index contributed by atoms with van der Waals surface area (Å²) in [6.07, 6.45) is 0.898. The third-order valence-corrected chi connectivity index (χ3v) is 6.20. The molecule has 1 aromatic heterocycles. The van der Waals surface area contributed by atoms with Gasteiger partial charge in [0, 0.05) is 17.8 Å². The number of halogens is 3. The number of hydrogen-bond donors (Lipinski definition) is 2. The van der Waals surface area contributed by atoms with E-state index in [0.29, 0.717) is 28.6 Å². The first-order chi connectivity index (χ1) is 16.4. The number of aromatic nitrogens is 2. The fraction of sp³-hybridized carbons (Fsp3) is 0.385. The second-order valence-corrected chi connectivity index (χ2v) is 9.99. The highest BCUT2D eigenvalue weighted by atomic mass is 19.4. The van der Waals surface area contributed by atoms with Crippen molar-refractivity contribution in [2.24, 2.45) is 11.3 Å². The Morgan fingerprint density at radius 1 is 1.20 bits per heavy atom. The Morgan fingerprint density at radius 3 is 2.54 bits per heavy atom. The third kappa shape index (κ3) is 6.15. The number of alkyl halides is 3. The van der Waals surface area contributed by atoms with Gasteiger partial charge in [-0.05, 0) is 78.6 Å². The molecule has 1 heterocycles. The summed E-state index contributed by atoms with van der Waals surface area (Å²) in [5.41, 5.74) is 3.05. The van der Waals surface area contributed by atoms with Crippen molar-refractivity contribution in [2.75, 3.05) is 5.32 Å². The third-order valence-electron chi connectivity index (χ3n) is 6.20. The number of aliphatic carboxylic acids is 1. The van der Waals surface area contributed by atoms with Gasteiger partial charge in [0.25, 0.3) is 0 Å². The Morgan fingerprint density at radius 2 is 1.91 bits per heavy atom. The van der Waals surface area contributed by atoms with Gasteiger partial charge in [0.15, 0.2) is 0 Å². The van der Waals surface area contributed by atoms with E-state index >= 15 is 0 Å². The lowest BCUT2D eigenvalue weighted by Gasteiger charge is -2.40. The zero-order valence-electron chi connectivity index (χ0n) is 19.8. The normalized spacial score (nSPS) is 20.3. The van der Waals surface area contributed by atoms with Crippen LogP contribution in [-0.2, 0) is 4.79 Å². The first-order valence-electron chi connectivity index (χ1n) is 11.4. The Labute approximate surface area is 201 Å². The Hall–Kier alpha value is -3.49. The first kappa shape index (κ1) is 24.6. The summed E-state index contributed by atoms with van der Waals surface area (Å²) < 4.78 is 43.6. The number of nitrogens with zero attached hydrogens (tertiary/aromatic N) is 2. The van der Waals surface area contributed by atoms with Gasteiger partial charge in [-0.1, -0.05) is 26.8 Å². The number of fused-ring (bicyclic) bond motifs is 1. The second-order valence-electron chi connectivity index (χ2n) is 9.99. The molecule has 2 atom stereocenters. The predicted molar refractivity (Wildman–Crippen MR) is 129 cm³/mol. The van der Waals surface area contributed by atoms with Gasteiger partial charge < -0.3 is 19.7 Å². The molecule has 1 aliphatic carbocycles. The van der Waals surface area contributed by atoms with Crippen LogP contribution in [0.1, 0.15) is 51.6 Å². The van der Waals surface area contributed by atoms with Crippen LogP contribution in [0.2, 0.25) is 0 Å². The number of carbonyl (C=O) groups is 1. The van der Waals surface area contributed by atoms with Gasteiger partial charge in [0.2, 0.25) is 5.95 Å². The molecule has 1 aliphatic rings. The van der Waals surface area contributed by atoms with Crippen molar-refractivity contribution in [3.8, 4) is 5.75 Å². The van der Waals surface area contributed by atoms with E-state index in [1.54, 1.807) is 0 Å². The van der Waals surface area contributed by atoms with Crippen LogP contribution in [0, 0.1) is 11.3 Å². The van der Waals surface area contributed by atoms with Crippen molar-refractivity contribution in [2.45, 2.75) is 52.4 Å². The molecule has 0 saturated heterocycles. The van der Waals surface area contributed by atoms with E-state index in [4.69, 9.17) is 10.1 Å². The number of imidazole rings is 1. The standard InChI is InChI=1S/C26H28F3N3O3/c1-16-12-19(15-25(2,3)14-16)32-22-10-4-17(5-11-23(33)34)13-21(22)31-24(32)30-18-6-8-20(9-7-18)35-26(27,28)29/h4-11,13,16,19H,12,14-15H2,1-3H3,(H,30,31)(H,33,34)/b11-5+/t16-,19+/m1/s1. The lowest BCUT2D eigenvalue weighted by Crippen LogP contribution is -2.29. The van der Waals surface area contributed by atoms with Gasteiger partial charge in [-0.2, -0.15) is 0 Å². The maximum atomic E-state index is 12.5. The molecule has 0 amide bonds. The van der Waals surface area contributed by atoms with Gasteiger partial charge in [0.1, 0.15) is 5.75 Å². The molecule has 4 rings (SSSR count). The Kier molecular flexibility index (Phi) is 6.53. The van der Waals surface area contributed by atoms with Crippen LogP contribution in [0.25, 0.3) is 17.1 Å². The monoisotopic (exact) mass is 487 g/mol. The van der Waals surface area contributed by atoms with Crippen molar-refractivity contribution in [3.05, 3.63) is 54.1 Å². The molecule has 2 N–H and O–H groups in total. The minimum atomic E-state index is -4.75. The highest BCUT2D eigenvalue weighted by molar-refractivity contribution is 5.87. The van der Waals surface area contributed by atoms with E-state index in [9.17, 15) is 18.0 Å².